The van der Waals surface area contributed by atoms with Gasteiger partial charge in [-0.05, 0) is 43.7 Å². The molecule has 1 amide bonds. The van der Waals surface area contributed by atoms with Gasteiger partial charge < -0.3 is 14.8 Å². The van der Waals surface area contributed by atoms with E-state index in [9.17, 15) is 18.0 Å². The minimum atomic E-state index is -3.83. The molecule has 2 rings (SSSR count). The van der Waals surface area contributed by atoms with Crippen LogP contribution in [0.5, 0.6) is 5.75 Å². The van der Waals surface area contributed by atoms with E-state index in [1.54, 1.807) is 37.3 Å². The number of methoxy groups -OCH3 is 2. The van der Waals surface area contributed by atoms with Crippen LogP contribution in [0.25, 0.3) is 0 Å². The standard InChI is InChI=1S/C20H24N2O6S/c1-13-10-11-18(27-3)17(12-13)22(29(5,25)26)14(2)19(23)21-16-9-7-6-8-15(16)20(24)28-4/h6-12,14H,1-5H3,(H,21,23). The molecule has 9 heteroatoms. The van der Waals surface area contributed by atoms with Crippen LogP contribution >= 0.6 is 0 Å². The third-order valence-electron chi connectivity index (χ3n) is 4.25. The summed E-state index contributed by atoms with van der Waals surface area (Å²) in [4.78, 5) is 24.8. The van der Waals surface area contributed by atoms with Crippen molar-refractivity contribution in [2.24, 2.45) is 0 Å². The predicted molar refractivity (Wildman–Crippen MR) is 111 cm³/mol. The van der Waals surface area contributed by atoms with E-state index >= 15 is 0 Å². The second kappa shape index (κ2) is 8.95. The van der Waals surface area contributed by atoms with Gasteiger partial charge >= 0.3 is 5.97 Å². The van der Waals surface area contributed by atoms with Gasteiger partial charge in [0.25, 0.3) is 0 Å². The van der Waals surface area contributed by atoms with Gasteiger partial charge in [-0.25, -0.2) is 13.2 Å². The third kappa shape index (κ3) is 5.05. The minimum absolute atomic E-state index is 0.162. The van der Waals surface area contributed by atoms with E-state index in [0.717, 1.165) is 16.1 Å². The van der Waals surface area contributed by atoms with Gasteiger partial charge in [-0.15, -0.1) is 0 Å². The molecule has 2 aromatic rings. The van der Waals surface area contributed by atoms with Crippen LogP contribution in [0.15, 0.2) is 42.5 Å². The summed E-state index contributed by atoms with van der Waals surface area (Å²) in [7, 11) is -1.18. The summed E-state index contributed by atoms with van der Waals surface area (Å²) in [5.41, 5.74) is 1.44. The Hall–Kier alpha value is -3.07. The van der Waals surface area contributed by atoms with E-state index in [2.05, 4.69) is 5.32 Å². The third-order valence-corrected chi connectivity index (χ3v) is 5.48. The van der Waals surface area contributed by atoms with Crippen LogP contribution in [0, 0.1) is 6.92 Å². The molecule has 0 saturated carbocycles. The van der Waals surface area contributed by atoms with Gasteiger partial charge in [0, 0.05) is 0 Å². The normalized spacial score (nSPS) is 12.0. The fourth-order valence-corrected chi connectivity index (χ4v) is 4.04. The number of esters is 1. The van der Waals surface area contributed by atoms with E-state index in [4.69, 9.17) is 9.47 Å². The Morgan fingerprint density at radius 3 is 2.34 bits per heavy atom. The molecule has 0 aliphatic rings. The van der Waals surface area contributed by atoms with E-state index in [0.29, 0.717) is 5.75 Å². The highest BCUT2D eigenvalue weighted by atomic mass is 32.2. The molecule has 0 aromatic heterocycles. The molecule has 1 atom stereocenters. The summed E-state index contributed by atoms with van der Waals surface area (Å²) in [5.74, 6) is -0.917. The molecule has 1 N–H and O–H groups in total. The van der Waals surface area contributed by atoms with Gasteiger partial charge in [-0.3, -0.25) is 9.10 Å². The summed E-state index contributed by atoms with van der Waals surface area (Å²) in [5, 5.41) is 2.61. The quantitative estimate of drug-likeness (QED) is 0.691. The predicted octanol–water partition coefficient (Wildman–Crippen LogP) is 2.58. The molecular weight excluding hydrogens is 396 g/mol. The van der Waals surface area contributed by atoms with Crippen LogP contribution in [-0.4, -0.2) is 46.8 Å². The van der Waals surface area contributed by atoms with Crippen molar-refractivity contribution in [2.45, 2.75) is 19.9 Å². The average Bonchev–Trinajstić information content (AvgIpc) is 2.67. The van der Waals surface area contributed by atoms with Crippen molar-refractivity contribution in [2.75, 3.05) is 30.1 Å². The van der Waals surface area contributed by atoms with Crippen molar-refractivity contribution in [3.8, 4) is 5.75 Å². The maximum Gasteiger partial charge on any atom is 0.339 e. The molecule has 0 radical (unpaired) electrons. The number of rotatable bonds is 7. The van der Waals surface area contributed by atoms with Crippen LogP contribution in [0.3, 0.4) is 0 Å². The highest BCUT2D eigenvalue weighted by molar-refractivity contribution is 7.92. The summed E-state index contributed by atoms with van der Waals surface area (Å²) < 4.78 is 36.1. The summed E-state index contributed by atoms with van der Waals surface area (Å²) in [6.07, 6.45) is 1.01. The topological polar surface area (TPSA) is 102 Å². The van der Waals surface area contributed by atoms with Crippen LogP contribution in [0.2, 0.25) is 0 Å². The Kier molecular flexibility index (Phi) is 6.86. The number of para-hydroxylation sites is 1. The lowest BCUT2D eigenvalue weighted by Crippen LogP contribution is -2.45. The Balaban J connectivity index is 2.44. The zero-order chi connectivity index (χ0) is 21.8. The molecule has 0 heterocycles. The van der Waals surface area contributed by atoms with Crippen molar-refractivity contribution < 1.29 is 27.5 Å². The van der Waals surface area contributed by atoms with Crippen molar-refractivity contribution in [1.29, 1.82) is 0 Å². The van der Waals surface area contributed by atoms with Gasteiger partial charge in [0.1, 0.15) is 11.8 Å². The number of ether oxygens (including phenoxy) is 2. The number of anilines is 2. The molecule has 0 aliphatic carbocycles. The average molecular weight is 420 g/mol. The monoisotopic (exact) mass is 420 g/mol. The molecule has 156 valence electrons. The molecule has 0 bridgehead atoms. The first-order chi connectivity index (χ1) is 13.6. The van der Waals surface area contributed by atoms with Crippen LogP contribution in [0.4, 0.5) is 11.4 Å². The highest BCUT2D eigenvalue weighted by Crippen LogP contribution is 2.33. The number of aryl methyl sites for hydroxylation is 1. The number of nitrogens with one attached hydrogen (secondary N) is 1. The first-order valence-corrected chi connectivity index (χ1v) is 10.6. The maximum atomic E-state index is 12.9. The zero-order valence-electron chi connectivity index (χ0n) is 16.9. The van der Waals surface area contributed by atoms with Gasteiger partial charge in [0.15, 0.2) is 0 Å². The lowest BCUT2D eigenvalue weighted by molar-refractivity contribution is -0.116. The van der Waals surface area contributed by atoms with Crippen molar-refractivity contribution in [3.63, 3.8) is 0 Å². The van der Waals surface area contributed by atoms with E-state index < -0.39 is 27.9 Å². The second-order valence-electron chi connectivity index (χ2n) is 6.44. The number of carbonyl (C=O) groups excluding carboxylic acids is 2. The Morgan fingerprint density at radius 1 is 1.10 bits per heavy atom. The fourth-order valence-electron chi connectivity index (χ4n) is 2.87. The van der Waals surface area contributed by atoms with Crippen LogP contribution < -0.4 is 14.4 Å². The molecule has 29 heavy (non-hydrogen) atoms. The lowest BCUT2D eigenvalue weighted by Gasteiger charge is -2.29. The van der Waals surface area contributed by atoms with Crippen LogP contribution in [-0.2, 0) is 19.6 Å². The van der Waals surface area contributed by atoms with Gasteiger partial charge in [0.05, 0.1) is 37.4 Å². The Bertz CT molecular complexity index is 1020. The Morgan fingerprint density at radius 2 is 1.76 bits per heavy atom. The zero-order valence-corrected chi connectivity index (χ0v) is 17.7. The van der Waals surface area contributed by atoms with Crippen molar-refractivity contribution in [1.82, 2.24) is 0 Å². The molecule has 2 aromatic carbocycles. The molecule has 1 unspecified atom stereocenters. The van der Waals surface area contributed by atoms with E-state index in [1.165, 1.54) is 33.3 Å². The maximum absolute atomic E-state index is 12.9. The number of benzene rings is 2. The van der Waals surface area contributed by atoms with Gasteiger partial charge in [0.2, 0.25) is 15.9 Å². The second-order valence-corrected chi connectivity index (χ2v) is 8.30. The molecule has 8 nitrogen and oxygen atoms in total. The number of carbonyl (C=O) groups is 2. The number of hydrogen-bond acceptors (Lipinski definition) is 6. The lowest BCUT2D eigenvalue weighted by atomic mass is 10.1. The summed E-state index contributed by atoms with van der Waals surface area (Å²) >= 11 is 0. The van der Waals surface area contributed by atoms with E-state index in [-0.39, 0.29) is 16.9 Å². The van der Waals surface area contributed by atoms with Crippen molar-refractivity contribution >= 4 is 33.3 Å². The SMILES string of the molecule is COC(=O)c1ccccc1NC(=O)C(C)N(c1cc(C)ccc1OC)S(C)(=O)=O. The molecule has 0 saturated heterocycles. The number of amides is 1. The smallest absolute Gasteiger partial charge is 0.339 e. The summed E-state index contributed by atoms with van der Waals surface area (Å²) in [6, 6.07) is 10.2. The number of sulfonamides is 1. The fraction of sp³-hybridized carbons (Fsp3) is 0.300. The molecule has 0 aliphatic heterocycles. The van der Waals surface area contributed by atoms with Gasteiger partial charge in [-0.1, -0.05) is 18.2 Å². The number of hydrogen-bond donors (Lipinski definition) is 1. The van der Waals surface area contributed by atoms with Crippen molar-refractivity contribution in [3.05, 3.63) is 53.6 Å². The van der Waals surface area contributed by atoms with Gasteiger partial charge in [-0.2, -0.15) is 0 Å². The first kappa shape index (κ1) is 22.2. The molecule has 0 spiro atoms. The minimum Gasteiger partial charge on any atom is -0.495 e. The van der Waals surface area contributed by atoms with Crippen LogP contribution in [0.1, 0.15) is 22.8 Å². The number of nitrogens with zero attached hydrogens (tertiary/aromatic N) is 1. The Labute approximate surface area is 170 Å². The largest absolute Gasteiger partial charge is 0.495 e. The summed E-state index contributed by atoms with van der Waals surface area (Å²) in [6.45, 7) is 3.26. The highest BCUT2D eigenvalue weighted by Gasteiger charge is 2.32. The molecular formula is C20H24N2O6S. The molecule has 0 fully saturated rings. The van der Waals surface area contributed by atoms with E-state index in [1.807, 2.05) is 0 Å². The first-order valence-electron chi connectivity index (χ1n) is 8.72.